The molecule has 0 nitrogen and oxygen atoms in total. The van der Waals surface area contributed by atoms with Gasteiger partial charge in [-0.15, -0.1) is 70.6 Å². The van der Waals surface area contributed by atoms with E-state index in [1.165, 1.54) is 25.7 Å². The van der Waals surface area contributed by atoms with Crippen LogP contribution in [-0.2, 0) is 0 Å². The van der Waals surface area contributed by atoms with E-state index in [9.17, 15) is 0 Å². The molecule has 4 bridgehead atoms. The zero-order valence-electron chi connectivity index (χ0n) is 11.3. The van der Waals surface area contributed by atoms with Crippen LogP contribution in [0.15, 0.2) is 0 Å². The van der Waals surface area contributed by atoms with Gasteiger partial charge in [0.05, 0.1) is 0 Å². The number of rotatable bonds is 4. The lowest BCUT2D eigenvalue weighted by Gasteiger charge is -2.65. The average Bonchev–Trinajstić information content (AvgIpc) is 2.09. The van der Waals surface area contributed by atoms with Crippen LogP contribution in [0, 0.1) is 0 Å². The predicted molar refractivity (Wildman–Crippen MR) is 97.6 cm³/mol. The van der Waals surface area contributed by atoms with Crippen molar-refractivity contribution in [3.05, 3.63) is 0 Å². The summed E-state index contributed by atoms with van der Waals surface area (Å²) >= 11 is 13.3. The van der Waals surface area contributed by atoms with E-state index in [0.29, 0.717) is 13.6 Å². The fourth-order valence-electron chi connectivity index (χ4n) is 2.85. The molecule has 104 valence electrons. The highest BCUT2D eigenvalue weighted by Gasteiger charge is 2.68. The number of hydrogen-bond donors (Lipinski definition) is 0. The molecule has 4 rings (SSSR count). The average molecular weight is 357 g/mol. The predicted octanol–water partition coefficient (Wildman–Crippen LogP) is 6.68. The minimum Gasteiger partial charge on any atom is -0.105 e. The van der Waals surface area contributed by atoms with Crippen molar-refractivity contribution in [1.82, 2.24) is 0 Å². The minimum absolute atomic E-state index is 0.372. The molecule has 0 aromatic heterocycles. The van der Waals surface area contributed by atoms with Crippen molar-refractivity contribution < 1.29 is 0 Å². The molecule has 4 aliphatic rings. The van der Waals surface area contributed by atoms with Crippen molar-refractivity contribution in [2.45, 2.75) is 67.0 Å². The van der Waals surface area contributed by atoms with Gasteiger partial charge in [-0.1, -0.05) is 26.2 Å². The zero-order valence-corrected chi connectivity index (χ0v) is 16.2. The molecule has 0 N–H and O–H groups in total. The summed E-state index contributed by atoms with van der Waals surface area (Å²) in [5.41, 5.74) is 0. The fraction of sp³-hybridized carbons (Fsp3) is 1.00. The summed E-state index contributed by atoms with van der Waals surface area (Å²) in [7, 11) is 0. The molecule has 0 unspecified atom stereocenters. The van der Waals surface area contributed by atoms with Gasteiger partial charge >= 0.3 is 0 Å². The molecule has 6 heteroatoms. The summed E-state index contributed by atoms with van der Waals surface area (Å²) in [6, 6.07) is 0. The molecule has 4 fully saturated rings. The van der Waals surface area contributed by atoms with Gasteiger partial charge in [0.15, 0.2) is 0 Å². The second kappa shape index (κ2) is 4.80. The van der Waals surface area contributed by atoms with Gasteiger partial charge in [-0.3, -0.25) is 0 Å². The number of hydrogen-bond acceptors (Lipinski definition) is 6. The van der Waals surface area contributed by atoms with Gasteiger partial charge in [0, 0.05) is 0 Å². The van der Waals surface area contributed by atoms with E-state index in [2.05, 4.69) is 98.3 Å². The van der Waals surface area contributed by atoms with Crippen molar-refractivity contribution in [2.24, 2.45) is 0 Å². The van der Waals surface area contributed by atoms with Crippen LogP contribution in [-0.4, -0.2) is 13.6 Å². The lowest BCUT2D eigenvalue weighted by molar-refractivity contribution is 0.683. The molecule has 0 aromatic carbocycles. The quantitative estimate of drug-likeness (QED) is 0.511. The van der Waals surface area contributed by atoms with Gasteiger partial charge in [0.1, 0.15) is 13.6 Å². The van der Waals surface area contributed by atoms with E-state index in [1.54, 1.807) is 0 Å². The first kappa shape index (κ1) is 15.0. The summed E-state index contributed by atoms with van der Waals surface area (Å²) in [5, 5.41) is 0. The highest BCUT2D eigenvalue weighted by molar-refractivity contribution is 8.64. The Kier molecular flexibility index (Phi) is 4.00. The van der Waals surface area contributed by atoms with E-state index in [4.69, 9.17) is 0 Å². The Bertz CT molecular complexity index is 303. The lowest BCUT2D eigenvalue weighted by atomic mass is 10.2. The SMILES string of the molecule is CCCCCC12SC3(C)SC(C)(SC(C)(S3)S1)S2. The Morgan fingerprint density at radius 2 is 1.11 bits per heavy atom. The summed E-state index contributed by atoms with van der Waals surface area (Å²) in [6.07, 6.45) is 5.50. The summed E-state index contributed by atoms with van der Waals surface area (Å²) in [4.78, 5) is 0. The van der Waals surface area contributed by atoms with Gasteiger partial charge in [-0.05, 0) is 27.2 Å². The molecule has 0 saturated carbocycles. The van der Waals surface area contributed by atoms with Gasteiger partial charge < -0.3 is 0 Å². The first-order valence-electron chi connectivity index (χ1n) is 6.51. The topological polar surface area (TPSA) is 0 Å². The number of thioether (sulfide) groups is 6. The lowest BCUT2D eigenvalue weighted by Crippen LogP contribution is -2.50. The molecule has 4 heterocycles. The third-order valence-corrected chi connectivity index (χ3v) is 14.1. The van der Waals surface area contributed by atoms with Crippen LogP contribution in [0.2, 0.25) is 0 Å². The van der Waals surface area contributed by atoms with Gasteiger partial charge in [-0.2, -0.15) is 0 Å². The standard InChI is InChI=1S/C12H20S6/c1-5-6-7-8-12-16-9(2)13-10(3,17-12)15-11(4,14-9)18-12/h5-8H2,1-4H3. The first-order valence-corrected chi connectivity index (χ1v) is 11.4. The van der Waals surface area contributed by atoms with Crippen LogP contribution < -0.4 is 0 Å². The first-order chi connectivity index (χ1) is 8.30. The van der Waals surface area contributed by atoms with E-state index < -0.39 is 0 Å². The van der Waals surface area contributed by atoms with Gasteiger partial charge in [0.2, 0.25) is 0 Å². The molecular weight excluding hydrogens is 337 g/mol. The van der Waals surface area contributed by atoms with Crippen molar-refractivity contribution in [3.63, 3.8) is 0 Å². The fourth-order valence-corrected chi connectivity index (χ4v) is 24.7. The normalized spacial score (nSPS) is 54.0. The minimum atomic E-state index is 0.372. The third kappa shape index (κ3) is 2.72. The Labute approximate surface area is 136 Å². The Morgan fingerprint density at radius 1 is 0.667 bits per heavy atom. The zero-order chi connectivity index (χ0) is 13.1. The highest BCUT2D eigenvalue weighted by Crippen LogP contribution is 2.88. The maximum atomic E-state index is 2.46. The van der Waals surface area contributed by atoms with Crippen molar-refractivity contribution in [2.75, 3.05) is 0 Å². The number of unbranched alkanes of at least 4 members (excludes halogenated alkanes) is 2. The van der Waals surface area contributed by atoms with E-state index in [0.717, 1.165) is 0 Å². The smallest absolute Gasteiger partial charge is 0.105 e. The second-order valence-corrected chi connectivity index (χ2v) is 19.1. The molecule has 0 aromatic rings. The Morgan fingerprint density at radius 3 is 1.50 bits per heavy atom. The summed E-state index contributed by atoms with van der Waals surface area (Å²) < 4.78 is 1.54. The van der Waals surface area contributed by atoms with Crippen LogP contribution in [0.4, 0.5) is 0 Å². The molecule has 4 aliphatic heterocycles. The molecule has 0 amide bonds. The van der Waals surface area contributed by atoms with Crippen molar-refractivity contribution in [3.8, 4) is 0 Å². The Hall–Kier alpha value is 2.10. The van der Waals surface area contributed by atoms with Crippen LogP contribution >= 0.6 is 70.6 Å². The van der Waals surface area contributed by atoms with E-state index in [1.807, 2.05) is 0 Å². The maximum absolute atomic E-state index is 2.46. The molecule has 18 heavy (non-hydrogen) atoms. The van der Waals surface area contributed by atoms with Crippen LogP contribution in [0.5, 0.6) is 0 Å². The molecule has 4 saturated heterocycles. The van der Waals surface area contributed by atoms with E-state index >= 15 is 0 Å². The molecule has 0 radical (unpaired) electrons. The second-order valence-electron chi connectivity index (χ2n) is 5.34. The molecule has 0 aliphatic carbocycles. The van der Waals surface area contributed by atoms with Crippen LogP contribution in [0.25, 0.3) is 0 Å². The van der Waals surface area contributed by atoms with Gasteiger partial charge in [0.25, 0.3) is 0 Å². The van der Waals surface area contributed by atoms with Crippen molar-refractivity contribution >= 4 is 70.6 Å². The van der Waals surface area contributed by atoms with Crippen LogP contribution in [0.1, 0.15) is 53.4 Å². The largest absolute Gasteiger partial charge is 0.113 e. The maximum Gasteiger partial charge on any atom is 0.113 e. The highest BCUT2D eigenvalue weighted by atomic mass is 32.4. The van der Waals surface area contributed by atoms with E-state index in [-0.39, 0.29) is 0 Å². The molecule has 0 spiro atoms. The summed E-state index contributed by atoms with van der Waals surface area (Å²) in [6.45, 7) is 9.67. The third-order valence-electron chi connectivity index (χ3n) is 3.22. The molecule has 0 atom stereocenters. The molecular formula is C12H20S6. The summed E-state index contributed by atoms with van der Waals surface area (Å²) in [5.74, 6) is 0. The Balaban J connectivity index is 1.84. The van der Waals surface area contributed by atoms with Crippen molar-refractivity contribution in [1.29, 1.82) is 0 Å². The van der Waals surface area contributed by atoms with Gasteiger partial charge in [-0.25, -0.2) is 0 Å². The monoisotopic (exact) mass is 356 g/mol. The van der Waals surface area contributed by atoms with Crippen LogP contribution in [0.3, 0.4) is 0 Å².